The summed E-state index contributed by atoms with van der Waals surface area (Å²) in [4.78, 5) is 16.8. The summed E-state index contributed by atoms with van der Waals surface area (Å²) in [6.07, 6.45) is -0.297. The van der Waals surface area contributed by atoms with Crippen molar-refractivity contribution in [2.45, 2.75) is 18.5 Å². The number of carbonyl (C=O) groups is 1. The fourth-order valence-corrected chi connectivity index (χ4v) is 5.70. The molecule has 3 N–H and O–H groups in total. The molecule has 0 aromatic heterocycles. The number of benzene rings is 4. The van der Waals surface area contributed by atoms with Gasteiger partial charge in [0.05, 0.1) is 11.3 Å². The lowest BCUT2D eigenvalue weighted by molar-refractivity contribution is 0.0698. The van der Waals surface area contributed by atoms with E-state index in [9.17, 15) is 9.90 Å². The van der Waals surface area contributed by atoms with Crippen molar-refractivity contribution in [1.29, 1.82) is 0 Å². The largest absolute Gasteiger partial charge is 0.478 e. The standard InChI is InChI=1S/C28H22N4O2/c33-28(34)18-10-2-6-14-22(18)30-26-20-12-4-8-16-24(20)31-25-19-11-3-7-15-23(19)32(26)27(31)17-9-1-5-13-21(17)29-25/h1-16,25-27,29-30H,(H,33,34). The van der Waals surface area contributed by atoms with E-state index in [4.69, 9.17) is 0 Å². The van der Waals surface area contributed by atoms with E-state index in [2.05, 4.69) is 87.2 Å². The molecular weight excluding hydrogens is 424 g/mol. The minimum atomic E-state index is -0.944. The number of fused-ring (bicyclic) bond motifs is 5. The monoisotopic (exact) mass is 446 g/mol. The zero-order chi connectivity index (χ0) is 22.8. The topological polar surface area (TPSA) is 67.8 Å². The number of hydrogen-bond donors (Lipinski definition) is 3. The molecule has 0 radical (unpaired) electrons. The van der Waals surface area contributed by atoms with Gasteiger partial charge < -0.3 is 25.5 Å². The number of hydrogen-bond acceptors (Lipinski definition) is 5. The molecule has 166 valence electrons. The summed E-state index contributed by atoms with van der Waals surface area (Å²) in [5, 5.41) is 17.2. The number of rotatable bonds is 3. The summed E-state index contributed by atoms with van der Waals surface area (Å²) >= 11 is 0. The number of carboxylic acid groups (broad SMARTS) is 1. The van der Waals surface area contributed by atoms with Crippen LogP contribution < -0.4 is 20.4 Å². The molecule has 4 bridgehead atoms. The van der Waals surface area contributed by atoms with Crippen LogP contribution in [0.1, 0.15) is 45.5 Å². The first kappa shape index (κ1) is 19.1. The second-order valence-corrected chi connectivity index (χ2v) is 8.84. The number of aromatic carboxylic acids is 1. The average molecular weight is 447 g/mol. The number of carboxylic acids is 1. The summed E-state index contributed by atoms with van der Waals surface area (Å²) in [5.41, 5.74) is 7.76. The molecule has 0 saturated heterocycles. The zero-order valence-corrected chi connectivity index (χ0v) is 18.2. The van der Waals surface area contributed by atoms with Crippen molar-refractivity contribution in [3.8, 4) is 0 Å². The van der Waals surface area contributed by atoms with E-state index in [1.54, 1.807) is 12.1 Å². The molecule has 0 saturated carbocycles. The van der Waals surface area contributed by atoms with E-state index < -0.39 is 5.97 Å². The van der Waals surface area contributed by atoms with Crippen LogP contribution >= 0.6 is 0 Å². The molecule has 3 aliphatic heterocycles. The summed E-state index contributed by atoms with van der Waals surface area (Å²) in [5.74, 6) is -0.944. The average Bonchev–Trinajstić information content (AvgIpc) is 2.88. The van der Waals surface area contributed by atoms with Crippen LogP contribution in [0.2, 0.25) is 0 Å². The third kappa shape index (κ3) is 2.53. The first-order valence-corrected chi connectivity index (χ1v) is 11.4. The van der Waals surface area contributed by atoms with E-state index in [-0.39, 0.29) is 24.1 Å². The molecule has 6 nitrogen and oxygen atoms in total. The Morgan fingerprint density at radius 3 is 2.15 bits per heavy atom. The van der Waals surface area contributed by atoms with Gasteiger partial charge in [-0.3, -0.25) is 0 Å². The SMILES string of the molecule is O=C(O)c1ccccc1NC1c2ccccc2N2C3Nc4ccccc4C2N1c1ccccc13. The first-order valence-electron chi connectivity index (χ1n) is 11.4. The van der Waals surface area contributed by atoms with Crippen LogP contribution in [0.4, 0.5) is 22.7 Å². The van der Waals surface area contributed by atoms with Crippen LogP contribution in [-0.4, -0.2) is 11.1 Å². The summed E-state index contributed by atoms with van der Waals surface area (Å²) in [7, 11) is 0. The Balaban J connectivity index is 1.49. The molecular formula is C28H22N4O2. The fourth-order valence-electron chi connectivity index (χ4n) is 5.70. The Morgan fingerprint density at radius 2 is 1.35 bits per heavy atom. The molecule has 34 heavy (non-hydrogen) atoms. The van der Waals surface area contributed by atoms with E-state index in [1.807, 2.05) is 18.2 Å². The third-order valence-electron chi connectivity index (χ3n) is 7.08. The van der Waals surface area contributed by atoms with Crippen molar-refractivity contribution < 1.29 is 9.90 Å². The molecule has 0 spiro atoms. The Morgan fingerprint density at radius 1 is 0.735 bits per heavy atom. The summed E-state index contributed by atoms with van der Waals surface area (Å²) < 4.78 is 0. The number of nitrogens with one attached hydrogen (secondary N) is 2. The van der Waals surface area contributed by atoms with E-state index in [0.29, 0.717) is 5.69 Å². The van der Waals surface area contributed by atoms with Gasteiger partial charge in [-0.2, -0.15) is 0 Å². The maximum absolute atomic E-state index is 12.0. The molecule has 0 aliphatic carbocycles. The smallest absolute Gasteiger partial charge is 0.337 e. The van der Waals surface area contributed by atoms with Crippen LogP contribution in [-0.2, 0) is 0 Å². The summed E-state index contributed by atoms with van der Waals surface area (Å²) in [6.45, 7) is 0. The summed E-state index contributed by atoms with van der Waals surface area (Å²) in [6, 6.07) is 32.4. The third-order valence-corrected chi connectivity index (χ3v) is 7.08. The number of para-hydroxylation sites is 4. The molecule has 4 aromatic rings. The van der Waals surface area contributed by atoms with Crippen LogP contribution in [0.15, 0.2) is 97.1 Å². The quantitative estimate of drug-likeness (QED) is 0.361. The van der Waals surface area contributed by atoms with Gasteiger partial charge >= 0.3 is 5.97 Å². The Kier molecular flexibility index (Phi) is 3.94. The van der Waals surface area contributed by atoms with Crippen molar-refractivity contribution in [3.63, 3.8) is 0 Å². The molecule has 0 fully saturated rings. The van der Waals surface area contributed by atoms with Gasteiger partial charge in [0.25, 0.3) is 0 Å². The van der Waals surface area contributed by atoms with Crippen molar-refractivity contribution in [2.24, 2.45) is 0 Å². The Labute approximate surface area is 197 Å². The minimum Gasteiger partial charge on any atom is -0.478 e. The predicted octanol–water partition coefficient (Wildman–Crippen LogP) is 5.96. The molecule has 3 unspecified atom stereocenters. The lowest BCUT2D eigenvalue weighted by Gasteiger charge is -2.60. The highest BCUT2D eigenvalue weighted by Crippen LogP contribution is 2.58. The minimum absolute atomic E-state index is 0.000700. The number of nitrogens with zero attached hydrogens (tertiary/aromatic N) is 2. The molecule has 3 atom stereocenters. The van der Waals surface area contributed by atoms with E-state index in [0.717, 1.165) is 22.6 Å². The maximum Gasteiger partial charge on any atom is 0.337 e. The fraction of sp³-hybridized carbons (Fsp3) is 0.107. The Bertz CT molecular complexity index is 1450. The van der Waals surface area contributed by atoms with Gasteiger partial charge in [-0.25, -0.2) is 4.79 Å². The molecule has 7 rings (SSSR count). The lowest BCUT2D eigenvalue weighted by Crippen LogP contribution is -2.58. The molecule has 6 heteroatoms. The van der Waals surface area contributed by atoms with Gasteiger partial charge in [-0.15, -0.1) is 0 Å². The number of anilines is 4. The van der Waals surface area contributed by atoms with Gasteiger partial charge in [0.15, 0.2) is 0 Å². The van der Waals surface area contributed by atoms with Crippen LogP contribution in [0, 0.1) is 0 Å². The van der Waals surface area contributed by atoms with Gasteiger partial charge in [0, 0.05) is 33.8 Å². The highest BCUT2D eigenvalue weighted by Gasteiger charge is 2.50. The molecule has 3 heterocycles. The second kappa shape index (κ2) is 7.02. The van der Waals surface area contributed by atoms with Crippen LogP contribution in [0.5, 0.6) is 0 Å². The van der Waals surface area contributed by atoms with Crippen LogP contribution in [0.3, 0.4) is 0 Å². The highest BCUT2D eigenvalue weighted by atomic mass is 16.4. The molecule has 4 aromatic carbocycles. The van der Waals surface area contributed by atoms with Crippen LogP contribution in [0.25, 0.3) is 0 Å². The van der Waals surface area contributed by atoms with Gasteiger partial charge in [-0.05, 0) is 30.3 Å². The lowest BCUT2D eigenvalue weighted by atomic mass is 9.88. The van der Waals surface area contributed by atoms with Gasteiger partial charge in [-0.1, -0.05) is 66.7 Å². The van der Waals surface area contributed by atoms with Crippen molar-refractivity contribution in [2.75, 3.05) is 20.4 Å². The van der Waals surface area contributed by atoms with Crippen molar-refractivity contribution in [3.05, 3.63) is 119 Å². The van der Waals surface area contributed by atoms with Gasteiger partial charge in [0.1, 0.15) is 18.5 Å². The second-order valence-electron chi connectivity index (χ2n) is 8.84. The highest BCUT2D eigenvalue weighted by molar-refractivity contribution is 5.94. The van der Waals surface area contributed by atoms with Crippen molar-refractivity contribution >= 4 is 28.7 Å². The Hall–Kier alpha value is -4.45. The molecule has 3 aliphatic rings. The van der Waals surface area contributed by atoms with Crippen molar-refractivity contribution in [1.82, 2.24) is 0 Å². The zero-order valence-electron chi connectivity index (χ0n) is 18.2. The van der Waals surface area contributed by atoms with E-state index >= 15 is 0 Å². The van der Waals surface area contributed by atoms with Gasteiger partial charge in [0.2, 0.25) is 0 Å². The first-order chi connectivity index (χ1) is 16.7. The normalized spacial score (nSPS) is 21.0. The maximum atomic E-state index is 12.0. The predicted molar refractivity (Wildman–Crippen MR) is 133 cm³/mol. The van der Waals surface area contributed by atoms with E-state index in [1.165, 1.54) is 11.1 Å². The molecule has 0 amide bonds.